The van der Waals surface area contributed by atoms with Crippen LogP contribution < -0.4 is 4.74 Å². The third-order valence-corrected chi connectivity index (χ3v) is 5.04. The molecule has 2 aromatic carbocycles. The Labute approximate surface area is 163 Å². The van der Waals surface area contributed by atoms with Crippen LogP contribution in [0.15, 0.2) is 59.8 Å². The van der Waals surface area contributed by atoms with E-state index in [1.807, 2.05) is 61.1 Å². The maximum absolute atomic E-state index is 9.37. The smallest absolute Gasteiger partial charge is 0.191 e. The highest BCUT2D eigenvalue weighted by Crippen LogP contribution is 2.18. The van der Waals surface area contributed by atoms with Crippen LogP contribution in [0.25, 0.3) is 0 Å². The van der Waals surface area contributed by atoms with Gasteiger partial charge < -0.3 is 14.4 Å². The van der Waals surface area contributed by atoms with Gasteiger partial charge in [-0.25, -0.2) is 0 Å². The number of phenolic OH excluding ortho intramolecular Hbond substituents is 1. The first kappa shape index (κ1) is 19.3. The summed E-state index contributed by atoms with van der Waals surface area (Å²) in [6.07, 6.45) is 0. The molecule has 0 saturated carbocycles. The highest BCUT2D eigenvalue weighted by atomic mass is 32.2. The van der Waals surface area contributed by atoms with Gasteiger partial charge in [-0.05, 0) is 36.9 Å². The van der Waals surface area contributed by atoms with E-state index in [-0.39, 0.29) is 5.75 Å². The van der Waals surface area contributed by atoms with E-state index in [4.69, 9.17) is 4.74 Å². The van der Waals surface area contributed by atoms with Gasteiger partial charge in [-0.15, -0.1) is 10.2 Å². The summed E-state index contributed by atoms with van der Waals surface area (Å²) < 4.78 is 7.74. The molecule has 1 aromatic heterocycles. The van der Waals surface area contributed by atoms with Crippen LogP contribution in [0.5, 0.6) is 11.5 Å². The number of phenols is 1. The number of nitrogens with zero attached hydrogens (tertiary/aromatic N) is 4. The molecular weight excluding hydrogens is 360 g/mol. The molecule has 1 N–H and O–H groups in total. The van der Waals surface area contributed by atoms with Crippen molar-refractivity contribution in [2.24, 2.45) is 7.05 Å². The molecular formula is C20H24N4O2S. The number of aromatic nitrogens is 3. The van der Waals surface area contributed by atoms with Crippen molar-refractivity contribution in [2.45, 2.75) is 18.2 Å². The molecule has 7 heteroatoms. The molecule has 0 fully saturated rings. The average molecular weight is 385 g/mol. The fourth-order valence-corrected chi connectivity index (χ4v) is 3.37. The van der Waals surface area contributed by atoms with Crippen molar-refractivity contribution in [3.05, 3.63) is 66.0 Å². The first-order valence-corrected chi connectivity index (χ1v) is 9.76. The van der Waals surface area contributed by atoms with Crippen LogP contribution in [0.3, 0.4) is 0 Å². The minimum atomic E-state index is 0.285. The summed E-state index contributed by atoms with van der Waals surface area (Å²) in [5.41, 5.74) is 1.14. The summed E-state index contributed by atoms with van der Waals surface area (Å²) in [5, 5.41) is 18.9. The largest absolute Gasteiger partial charge is 0.508 e. The van der Waals surface area contributed by atoms with Gasteiger partial charge in [-0.2, -0.15) is 0 Å². The second-order valence-electron chi connectivity index (χ2n) is 6.31. The van der Waals surface area contributed by atoms with E-state index < -0.39 is 0 Å². The lowest BCUT2D eigenvalue weighted by Gasteiger charge is -2.16. The molecule has 0 aliphatic carbocycles. The predicted octanol–water partition coefficient (Wildman–Crippen LogP) is 3.32. The molecule has 0 spiro atoms. The summed E-state index contributed by atoms with van der Waals surface area (Å²) >= 11 is 1.64. The Morgan fingerprint density at radius 1 is 1.04 bits per heavy atom. The second kappa shape index (κ2) is 9.43. The number of para-hydroxylation sites is 1. The summed E-state index contributed by atoms with van der Waals surface area (Å²) in [6, 6.07) is 17.1. The van der Waals surface area contributed by atoms with E-state index in [0.29, 0.717) is 13.2 Å². The van der Waals surface area contributed by atoms with Crippen LogP contribution in [0, 0.1) is 0 Å². The van der Waals surface area contributed by atoms with Crippen molar-refractivity contribution in [1.82, 2.24) is 19.7 Å². The molecule has 3 rings (SSSR count). The molecule has 1 heterocycles. The second-order valence-corrected chi connectivity index (χ2v) is 7.37. The van der Waals surface area contributed by atoms with Crippen LogP contribution in [-0.2, 0) is 20.1 Å². The van der Waals surface area contributed by atoms with Crippen LogP contribution >= 0.6 is 11.8 Å². The maximum Gasteiger partial charge on any atom is 0.191 e. The number of benzene rings is 2. The van der Waals surface area contributed by atoms with Gasteiger partial charge in [0.2, 0.25) is 0 Å². The number of thioether (sulfide) groups is 1. The lowest BCUT2D eigenvalue weighted by molar-refractivity contribution is 0.305. The highest BCUT2D eigenvalue weighted by molar-refractivity contribution is 7.99. The van der Waals surface area contributed by atoms with E-state index >= 15 is 0 Å². The topological polar surface area (TPSA) is 63.4 Å². The quantitative estimate of drug-likeness (QED) is 0.451. The van der Waals surface area contributed by atoms with Crippen LogP contribution in [0.2, 0.25) is 0 Å². The molecule has 0 aliphatic rings. The van der Waals surface area contributed by atoms with Crippen molar-refractivity contribution in [2.75, 3.05) is 19.4 Å². The van der Waals surface area contributed by atoms with Crippen molar-refractivity contribution >= 4 is 11.8 Å². The van der Waals surface area contributed by atoms with E-state index in [0.717, 1.165) is 34.6 Å². The van der Waals surface area contributed by atoms with Crippen LogP contribution in [0.4, 0.5) is 0 Å². The highest BCUT2D eigenvalue weighted by Gasteiger charge is 2.11. The van der Waals surface area contributed by atoms with Gasteiger partial charge >= 0.3 is 0 Å². The number of hydrogen-bond acceptors (Lipinski definition) is 6. The third kappa shape index (κ3) is 5.74. The third-order valence-electron chi connectivity index (χ3n) is 4.05. The Hall–Kier alpha value is -2.51. The van der Waals surface area contributed by atoms with Gasteiger partial charge in [-0.1, -0.05) is 42.1 Å². The fraction of sp³-hybridized carbons (Fsp3) is 0.300. The van der Waals surface area contributed by atoms with E-state index in [9.17, 15) is 5.11 Å². The van der Waals surface area contributed by atoms with E-state index in [2.05, 4.69) is 15.1 Å². The van der Waals surface area contributed by atoms with Gasteiger partial charge in [-0.3, -0.25) is 4.90 Å². The van der Waals surface area contributed by atoms with Crippen molar-refractivity contribution in [3.8, 4) is 11.5 Å². The maximum atomic E-state index is 9.37. The van der Waals surface area contributed by atoms with E-state index in [1.54, 1.807) is 23.9 Å². The first-order valence-electron chi connectivity index (χ1n) is 8.77. The Kier molecular flexibility index (Phi) is 6.73. The Bertz CT molecular complexity index is 837. The first-order chi connectivity index (χ1) is 13.1. The SMILES string of the molecule is CN(Cc1ccc(O)cc1)Cc1nnc(SCCOc2ccccc2)n1C. The van der Waals surface area contributed by atoms with Gasteiger partial charge in [0.05, 0.1) is 13.2 Å². The minimum Gasteiger partial charge on any atom is -0.508 e. The van der Waals surface area contributed by atoms with Gasteiger partial charge in [0, 0.05) is 19.3 Å². The van der Waals surface area contributed by atoms with E-state index in [1.165, 1.54) is 0 Å². The summed E-state index contributed by atoms with van der Waals surface area (Å²) in [6.45, 7) is 2.10. The molecule has 0 amide bonds. The van der Waals surface area contributed by atoms with Gasteiger partial charge in [0.15, 0.2) is 5.16 Å². The molecule has 0 radical (unpaired) electrons. The summed E-state index contributed by atoms with van der Waals surface area (Å²) in [7, 11) is 4.03. The minimum absolute atomic E-state index is 0.285. The molecule has 27 heavy (non-hydrogen) atoms. The lowest BCUT2D eigenvalue weighted by atomic mass is 10.2. The molecule has 3 aromatic rings. The molecule has 0 atom stereocenters. The summed E-state index contributed by atoms with van der Waals surface area (Å²) in [5.74, 6) is 2.90. The molecule has 0 saturated heterocycles. The zero-order chi connectivity index (χ0) is 19.1. The number of hydrogen-bond donors (Lipinski definition) is 1. The predicted molar refractivity (Wildman–Crippen MR) is 107 cm³/mol. The fourth-order valence-electron chi connectivity index (χ4n) is 2.63. The molecule has 142 valence electrons. The molecule has 0 unspecified atom stereocenters. The zero-order valence-electron chi connectivity index (χ0n) is 15.6. The standard InChI is InChI=1S/C20H24N4O2S/c1-23(14-16-8-10-17(25)11-9-16)15-19-21-22-20(24(19)2)27-13-12-26-18-6-4-3-5-7-18/h3-11,25H,12-15H2,1-2H3. The average Bonchev–Trinajstić information content (AvgIpc) is 3.01. The number of aromatic hydroxyl groups is 1. The van der Waals surface area contributed by atoms with Gasteiger partial charge in [0.1, 0.15) is 17.3 Å². The molecule has 0 bridgehead atoms. The van der Waals surface area contributed by atoms with Crippen molar-refractivity contribution < 1.29 is 9.84 Å². The van der Waals surface area contributed by atoms with Gasteiger partial charge in [0.25, 0.3) is 0 Å². The van der Waals surface area contributed by atoms with Crippen LogP contribution in [-0.4, -0.2) is 44.2 Å². The Balaban J connectivity index is 1.46. The molecule has 0 aliphatic heterocycles. The molecule has 6 nitrogen and oxygen atoms in total. The van der Waals surface area contributed by atoms with Crippen molar-refractivity contribution in [1.29, 1.82) is 0 Å². The number of rotatable bonds is 9. The lowest BCUT2D eigenvalue weighted by Crippen LogP contribution is -2.19. The monoisotopic (exact) mass is 384 g/mol. The van der Waals surface area contributed by atoms with Crippen molar-refractivity contribution in [3.63, 3.8) is 0 Å². The van der Waals surface area contributed by atoms with Crippen LogP contribution in [0.1, 0.15) is 11.4 Å². The normalized spacial score (nSPS) is 11.1. The number of ether oxygens (including phenoxy) is 1. The summed E-state index contributed by atoms with van der Waals surface area (Å²) in [4.78, 5) is 2.17. The Morgan fingerprint density at radius 3 is 2.52 bits per heavy atom. The zero-order valence-corrected chi connectivity index (χ0v) is 16.4. The Morgan fingerprint density at radius 2 is 1.78 bits per heavy atom.